The van der Waals surface area contributed by atoms with E-state index in [-0.39, 0.29) is 6.61 Å². The van der Waals surface area contributed by atoms with Gasteiger partial charge in [-0.15, -0.1) is 0 Å². The average molecular weight is 247 g/mol. The van der Waals surface area contributed by atoms with Gasteiger partial charge in [0.05, 0.1) is 6.61 Å². The number of nitrogens with one attached hydrogen (secondary N) is 2. The van der Waals surface area contributed by atoms with Gasteiger partial charge in [-0.1, -0.05) is 13.8 Å². The molecule has 0 saturated heterocycles. The topological polar surface area (TPSA) is 47.5 Å². The standard InChI is InChI=1S/C11H27N3O.C2H6/c1-12-6-3-4-8-14(10-11-15)9-5-7-13-2;1-2/h12-13,15H,3-11H2,1-2H3;1-2H3. The molecule has 0 aliphatic carbocycles. The van der Waals surface area contributed by atoms with Gasteiger partial charge in [0.2, 0.25) is 0 Å². The van der Waals surface area contributed by atoms with Gasteiger partial charge in [-0.3, -0.25) is 0 Å². The summed E-state index contributed by atoms with van der Waals surface area (Å²) in [4.78, 5) is 2.34. The number of unbranched alkanes of at least 4 members (excludes halogenated alkanes) is 1. The van der Waals surface area contributed by atoms with Crippen molar-refractivity contribution in [3.63, 3.8) is 0 Å². The predicted molar refractivity (Wildman–Crippen MR) is 76.6 cm³/mol. The molecule has 0 unspecified atom stereocenters. The lowest BCUT2D eigenvalue weighted by atomic mass is 10.2. The number of nitrogens with zero attached hydrogens (tertiary/aromatic N) is 1. The molecule has 4 nitrogen and oxygen atoms in total. The molecule has 0 aromatic rings. The van der Waals surface area contributed by atoms with Crippen LogP contribution in [0.2, 0.25) is 0 Å². The van der Waals surface area contributed by atoms with Crippen molar-refractivity contribution in [2.24, 2.45) is 0 Å². The van der Waals surface area contributed by atoms with Crippen LogP contribution < -0.4 is 10.6 Å². The quantitative estimate of drug-likeness (QED) is 0.475. The summed E-state index contributed by atoms with van der Waals surface area (Å²) in [5.41, 5.74) is 0. The van der Waals surface area contributed by atoms with Crippen molar-refractivity contribution in [3.8, 4) is 0 Å². The van der Waals surface area contributed by atoms with E-state index in [9.17, 15) is 0 Å². The van der Waals surface area contributed by atoms with Gasteiger partial charge in [0.25, 0.3) is 0 Å². The zero-order valence-electron chi connectivity index (χ0n) is 12.3. The number of hydrogen-bond acceptors (Lipinski definition) is 4. The molecule has 0 atom stereocenters. The van der Waals surface area contributed by atoms with Crippen LogP contribution in [-0.4, -0.2) is 63.4 Å². The smallest absolute Gasteiger partial charge is 0.0558 e. The summed E-state index contributed by atoms with van der Waals surface area (Å²) in [6.45, 7) is 9.41. The Balaban J connectivity index is 0. The molecule has 0 aromatic carbocycles. The van der Waals surface area contributed by atoms with Gasteiger partial charge in [-0.25, -0.2) is 0 Å². The predicted octanol–water partition coefficient (Wildman–Crippen LogP) is 0.916. The first kappa shape index (κ1) is 19.2. The minimum Gasteiger partial charge on any atom is -0.395 e. The SMILES string of the molecule is CC.CNCCCCN(CCO)CCCNC. The highest BCUT2D eigenvalue weighted by molar-refractivity contribution is 4.59. The second-order valence-electron chi connectivity index (χ2n) is 3.83. The number of rotatable bonds is 11. The molecular weight excluding hydrogens is 214 g/mol. The lowest BCUT2D eigenvalue weighted by Crippen LogP contribution is -2.31. The van der Waals surface area contributed by atoms with E-state index < -0.39 is 0 Å². The van der Waals surface area contributed by atoms with E-state index in [2.05, 4.69) is 15.5 Å². The highest BCUT2D eigenvalue weighted by atomic mass is 16.3. The summed E-state index contributed by atoms with van der Waals surface area (Å²) >= 11 is 0. The Labute approximate surface area is 108 Å². The highest BCUT2D eigenvalue weighted by Crippen LogP contribution is 1.96. The maximum absolute atomic E-state index is 8.93. The van der Waals surface area contributed by atoms with E-state index in [0.29, 0.717) is 0 Å². The Morgan fingerprint density at radius 1 is 0.824 bits per heavy atom. The third-order valence-electron chi connectivity index (χ3n) is 2.47. The van der Waals surface area contributed by atoms with Crippen LogP contribution in [0.15, 0.2) is 0 Å². The van der Waals surface area contributed by atoms with Crippen LogP contribution in [0, 0.1) is 0 Å². The van der Waals surface area contributed by atoms with Gasteiger partial charge in [0, 0.05) is 6.54 Å². The molecule has 0 amide bonds. The molecule has 0 aromatic heterocycles. The van der Waals surface area contributed by atoms with Crippen LogP contribution in [0.3, 0.4) is 0 Å². The second kappa shape index (κ2) is 18.2. The third kappa shape index (κ3) is 15.8. The monoisotopic (exact) mass is 247 g/mol. The summed E-state index contributed by atoms with van der Waals surface area (Å²) < 4.78 is 0. The Kier molecular flexibility index (Phi) is 20.6. The largest absolute Gasteiger partial charge is 0.395 e. The summed E-state index contributed by atoms with van der Waals surface area (Å²) in [5.74, 6) is 0. The first-order valence-electron chi connectivity index (χ1n) is 6.97. The number of aliphatic hydroxyl groups excluding tert-OH is 1. The summed E-state index contributed by atoms with van der Waals surface area (Å²) in [7, 11) is 3.96. The molecule has 17 heavy (non-hydrogen) atoms. The molecule has 0 heterocycles. The Hall–Kier alpha value is -0.160. The van der Waals surface area contributed by atoms with Crippen LogP contribution in [0.4, 0.5) is 0 Å². The van der Waals surface area contributed by atoms with Gasteiger partial charge in [0.1, 0.15) is 0 Å². The lowest BCUT2D eigenvalue weighted by molar-refractivity contribution is 0.192. The van der Waals surface area contributed by atoms with Gasteiger partial charge < -0.3 is 20.6 Å². The van der Waals surface area contributed by atoms with Crippen molar-refractivity contribution in [2.75, 3.05) is 53.4 Å². The molecule has 0 rings (SSSR count). The van der Waals surface area contributed by atoms with Crippen molar-refractivity contribution < 1.29 is 5.11 Å². The fourth-order valence-electron chi connectivity index (χ4n) is 1.59. The number of hydrogen-bond donors (Lipinski definition) is 3. The van der Waals surface area contributed by atoms with Crippen molar-refractivity contribution in [2.45, 2.75) is 33.1 Å². The van der Waals surface area contributed by atoms with Gasteiger partial charge in [-0.2, -0.15) is 0 Å². The summed E-state index contributed by atoms with van der Waals surface area (Å²) in [5, 5.41) is 15.2. The molecule has 0 radical (unpaired) electrons. The fourth-order valence-corrected chi connectivity index (χ4v) is 1.59. The zero-order valence-corrected chi connectivity index (χ0v) is 12.3. The summed E-state index contributed by atoms with van der Waals surface area (Å²) in [6, 6.07) is 0. The van der Waals surface area contributed by atoms with Crippen LogP contribution >= 0.6 is 0 Å². The molecule has 4 heteroatoms. The zero-order chi connectivity index (χ0) is 13.4. The molecule has 3 N–H and O–H groups in total. The molecule has 0 saturated carbocycles. The van der Waals surface area contributed by atoms with E-state index in [1.807, 2.05) is 27.9 Å². The fraction of sp³-hybridized carbons (Fsp3) is 1.00. The van der Waals surface area contributed by atoms with Crippen LogP contribution in [0.5, 0.6) is 0 Å². The van der Waals surface area contributed by atoms with E-state index in [4.69, 9.17) is 5.11 Å². The van der Waals surface area contributed by atoms with Crippen LogP contribution in [-0.2, 0) is 0 Å². The van der Waals surface area contributed by atoms with Gasteiger partial charge in [-0.05, 0) is 59.5 Å². The minimum atomic E-state index is 0.269. The first-order valence-corrected chi connectivity index (χ1v) is 6.97. The molecule has 0 aliphatic rings. The molecule has 0 aliphatic heterocycles. The molecule has 106 valence electrons. The summed E-state index contributed by atoms with van der Waals surface area (Å²) in [6.07, 6.45) is 3.58. The van der Waals surface area contributed by atoms with E-state index in [0.717, 1.165) is 39.1 Å². The van der Waals surface area contributed by atoms with Crippen molar-refractivity contribution in [3.05, 3.63) is 0 Å². The highest BCUT2D eigenvalue weighted by Gasteiger charge is 2.02. The van der Waals surface area contributed by atoms with Gasteiger partial charge >= 0.3 is 0 Å². The van der Waals surface area contributed by atoms with E-state index in [1.54, 1.807) is 0 Å². The second-order valence-corrected chi connectivity index (χ2v) is 3.83. The minimum absolute atomic E-state index is 0.269. The Bertz CT molecular complexity index is 123. The molecular formula is C13H33N3O. The first-order chi connectivity index (χ1) is 8.35. The maximum atomic E-state index is 8.93. The van der Waals surface area contributed by atoms with Crippen LogP contribution in [0.1, 0.15) is 33.1 Å². The van der Waals surface area contributed by atoms with Gasteiger partial charge in [0.15, 0.2) is 0 Å². The Morgan fingerprint density at radius 3 is 1.88 bits per heavy atom. The van der Waals surface area contributed by atoms with Crippen molar-refractivity contribution in [1.82, 2.24) is 15.5 Å². The molecule has 0 bridgehead atoms. The maximum Gasteiger partial charge on any atom is 0.0558 e. The van der Waals surface area contributed by atoms with E-state index >= 15 is 0 Å². The third-order valence-corrected chi connectivity index (χ3v) is 2.47. The Morgan fingerprint density at radius 2 is 1.35 bits per heavy atom. The lowest BCUT2D eigenvalue weighted by Gasteiger charge is -2.21. The van der Waals surface area contributed by atoms with E-state index in [1.165, 1.54) is 12.8 Å². The van der Waals surface area contributed by atoms with Crippen LogP contribution in [0.25, 0.3) is 0 Å². The van der Waals surface area contributed by atoms with Crippen molar-refractivity contribution in [1.29, 1.82) is 0 Å². The number of aliphatic hydroxyl groups is 1. The molecule has 0 fully saturated rings. The average Bonchev–Trinajstić information content (AvgIpc) is 2.37. The normalized spacial score (nSPS) is 10.2. The molecule has 0 spiro atoms. The van der Waals surface area contributed by atoms with Crippen molar-refractivity contribution >= 4 is 0 Å².